The third kappa shape index (κ3) is 2.92. The Morgan fingerprint density at radius 1 is 0.889 bits per heavy atom. The van der Waals surface area contributed by atoms with E-state index in [-0.39, 0.29) is 0 Å². The smallest absolute Gasteiger partial charge is 0.105 e. The molecule has 4 heteroatoms. The van der Waals surface area contributed by atoms with Crippen molar-refractivity contribution < 1.29 is 4.21 Å². The molecule has 0 spiro atoms. The van der Waals surface area contributed by atoms with E-state index >= 15 is 0 Å². The molecule has 0 radical (unpaired) electrons. The Labute approximate surface area is 119 Å². The Kier molecular flexibility index (Phi) is 4.41. The van der Waals surface area contributed by atoms with Gasteiger partial charge in [0, 0.05) is 0 Å². The van der Waals surface area contributed by atoms with Crippen LogP contribution in [0.3, 0.4) is 0 Å². The first kappa shape index (κ1) is 14.0. The third-order valence-electron chi connectivity index (χ3n) is 2.89. The Morgan fingerprint density at radius 3 is 1.56 bits per heavy atom. The van der Waals surface area contributed by atoms with Crippen LogP contribution in [-0.4, -0.2) is 4.21 Å². The van der Waals surface area contributed by atoms with Gasteiger partial charge in [0.05, 0.1) is 8.42 Å². The van der Waals surface area contributed by atoms with Gasteiger partial charge in [-0.25, -0.2) is 4.21 Å². The first-order valence-electron chi connectivity index (χ1n) is 6.07. The van der Waals surface area contributed by atoms with E-state index in [0.29, 0.717) is 11.8 Å². The number of hydrogen-bond acceptors (Lipinski definition) is 3. The molecule has 98 valence electrons. The molecule has 0 unspecified atom stereocenters. The van der Waals surface area contributed by atoms with Crippen LogP contribution in [0.25, 0.3) is 0 Å². The first-order chi connectivity index (χ1) is 8.49. The molecular formula is C14H18OS3. The van der Waals surface area contributed by atoms with E-state index in [9.17, 15) is 4.21 Å². The summed E-state index contributed by atoms with van der Waals surface area (Å²) in [5.41, 5.74) is 2.56. The maximum Gasteiger partial charge on any atom is 0.105 e. The quantitative estimate of drug-likeness (QED) is 0.756. The lowest BCUT2D eigenvalue weighted by Crippen LogP contribution is -1.87. The standard InChI is InChI=1S/C14H18OS3/c1-9(2)11-5-13(16-7-11)18(15)14-6-12(8-17-14)10(3)4/h5-10H,1-4H3. The lowest BCUT2D eigenvalue weighted by molar-refractivity contribution is 0.685. The van der Waals surface area contributed by atoms with Gasteiger partial charge in [-0.2, -0.15) is 0 Å². The molecule has 2 aromatic heterocycles. The first-order valence-corrected chi connectivity index (χ1v) is 8.98. The SMILES string of the molecule is CC(C)c1csc(S(=O)c2cc(C(C)C)cs2)c1. The normalized spacial score (nSPS) is 11.9. The number of rotatable bonds is 4. The highest BCUT2D eigenvalue weighted by atomic mass is 32.2. The van der Waals surface area contributed by atoms with Crippen LogP contribution in [0.5, 0.6) is 0 Å². The van der Waals surface area contributed by atoms with Gasteiger partial charge in [-0.15, -0.1) is 22.7 Å². The highest BCUT2D eigenvalue weighted by molar-refractivity contribution is 7.89. The molecule has 0 aromatic carbocycles. The molecule has 0 N–H and O–H groups in total. The molecule has 0 bridgehead atoms. The average Bonchev–Trinajstić information content (AvgIpc) is 2.97. The van der Waals surface area contributed by atoms with Crippen molar-refractivity contribution in [2.75, 3.05) is 0 Å². The van der Waals surface area contributed by atoms with Crippen molar-refractivity contribution in [2.24, 2.45) is 0 Å². The van der Waals surface area contributed by atoms with E-state index in [4.69, 9.17) is 0 Å². The van der Waals surface area contributed by atoms with E-state index < -0.39 is 10.8 Å². The molecule has 2 aromatic rings. The van der Waals surface area contributed by atoms with Crippen molar-refractivity contribution >= 4 is 33.5 Å². The third-order valence-corrected chi connectivity index (χ3v) is 6.82. The number of hydrogen-bond donors (Lipinski definition) is 0. The summed E-state index contributed by atoms with van der Waals surface area (Å²) >= 11 is 3.21. The molecule has 1 nitrogen and oxygen atoms in total. The van der Waals surface area contributed by atoms with Gasteiger partial charge in [-0.1, -0.05) is 27.7 Å². The van der Waals surface area contributed by atoms with Gasteiger partial charge in [0.25, 0.3) is 0 Å². The van der Waals surface area contributed by atoms with Crippen LogP contribution >= 0.6 is 22.7 Å². The van der Waals surface area contributed by atoms with Gasteiger partial charge in [-0.05, 0) is 45.9 Å². The summed E-state index contributed by atoms with van der Waals surface area (Å²) < 4.78 is 14.4. The van der Waals surface area contributed by atoms with Crippen LogP contribution < -0.4 is 0 Å². The van der Waals surface area contributed by atoms with Crippen LogP contribution in [0.1, 0.15) is 50.7 Å². The summed E-state index contributed by atoms with van der Waals surface area (Å²) in [6.45, 7) is 8.65. The van der Waals surface area contributed by atoms with Crippen LogP contribution in [0.2, 0.25) is 0 Å². The molecular weight excluding hydrogens is 280 g/mol. The fourth-order valence-electron chi connectivity index (χ4n) is 1.56. The van der Waals surface area contributed by atoms with Gasteiger partial charge in [0.15, 0.2) is 0 Å². The fourth-order valence-corrected chi connectivity index (χ4v) is 5.52. The Hall–Kier alpha value is -0.450. The second kappa shape index (κ2) is 5.68. The molecule has 0 amide bonds. The predicted octanol–water partition coefficient (Wildman–Crippen LogP) is 5.22. The van der Waals surface area contributed by atoms with E-state index in [2.05, 4.69) is 50.6 Å². The van der Waals surface area contributed by atoms with Crippen molar-refractivity contribution in [2.45, 2.75) is 47.9 Å². The lowest BCUT2D eigenvalue weighted by atomic mass is 10.1. The summed E-state index contributed by atoms with van der Waals surface area (Å²) in [6, 6.07) is 4.17. The van der Waals surface area contributed by atoms with Gasteiger partial charge in [0.2, 0.25) is 0 Å². The molecule has 0 saturated heterocycles. The van der Waals surface area contributed by atoms with Crippen LogP contribution in [0, 0.1) is 0 Å². The van der Waals surface area contributed by atoms with Crippen molar-refractivity contribution in [3.05, 3.63) is 34.0 Å². The predicted molar refractivity (Wildman–Crippen MR) is 81.5 cm³/mol. The van der Waals surface area contributed by atoms with Gasteiger partial charge >= 0.3 is 0 Å². The van der Waals surface area contributed by atoms with Crippen molar-refractivity contribution in [3.63, 3.8) is 0 Å². The zero-order chi connectivity index (χ0) is 13.3. The Balaban J connectivity index is 2.24. The summed E-state index contributed by atoms with van der Waals surface area (Å²) in [5.74, 6) is 1.00. The number of thiophene rings is 2. The molecule has 0 aliphatic rings. The van der Waals surface area contributed by atoms with Crippen molar-refractivity contribution in [3.8, 4) is 0 Å². The van der Waals surface area contributed by atoms with Gasteiger partial charge in [0.1, 0.15) is 10.8 Å². The van der Waals surface area contributed by atoms with E-state index in [1.165, 1.54) is 11.1 Å². The minimum absolute atomic E-state index is 0.501. The highest BCUT2D eigenvalue weighted by Gasteiger charge is 2.14. The summed E-state index contributed by atoms with van der Waals surface area (Å²) in [4.78, 5) is 0. The fraction of sp³-hybridized carbons (Fsp3) is 0.429. The molecule has 0 saturated carbocycles. The molecule has 18 heavy (non-hydrogen) atoms. The summed E-state index contributed by atoms with van der Waals surface area (Å²) in [5, 5.41) is 4.24. The van der Waals surface area contributed by atoms with E-state index in [0.717, 1.165) is 8.42 Å². The van der Waals surface area contributed by atoms with Crippen molar-refractivity contribution in [1.82, 2.24) is 0 Å². The zero-order valence-electron chi connectivity index (χ0n) is 11.1. The Morgan fingerprint density at radius 2 is 1.28 bits per heavy atom. The van der Waals surface area contributed by atoms with Crippen molar-refractivity contribution in [1.29, 1.82) is 0 Å². The molecule has 0 aliphatic heterocycles. The second-order valence-corrected chi connectivity index (χ2v) is 8.73. The molecule has 0 fully saturated rings. The topological polar surface area (TPSA) is 17.1 Å². The second-order valence-electron chi connectivity index (χ2n) is 4.98. The lowest BCUT2D eigenvalue weighted by Gasteiger charge is -1.99. The maximum absolute atomic E-state index is 12.5. The maximum atomic E-state index is 12.5. The minimum Gasteiger partial charge on any atom is -0.247 e. The Bertz CT molecular complexity index is 501. The van der Waals surface area contributed by atoms with Crippen LogP contribution in [0.15, 0.2) is 31.3 Å². The largest absolute Gasteiger partial charge is 0.247 e. The summed E-state index contributed by atoms with van der Waals surface area (Å²) in [6.07, 6.45) is 0. The van der Waals surface area contributed by atoms with Crippen LogP contribution in [-0.2, 0) is 10.8 Å². The van der Waals surface area contributed by atoms with Gasteiger partial charge in [-0.3, -0.25) is 0 Å². The summed E-state index contributed by atoms with van der Waals surface area (Å²) in [7, 11) is -1.00. The minimum atomic E-state index is -1.00. The molecule has 2 rings (SSSR count). The average molecular weight is 298 g/mol. The molecule has 0 aliphatic carbocycles. The van der Waals surface area contributed by atoms with E-state index in [1.807, 2.05) is 0 Å². The van der Waals surface area contributed by atoms with Crippen LogP contribution in [0.4, 0.5) is 0 Å². The van der Waals surface area contributed by atoms with E-state index in [1.54, 1.807) is 22.7 Å². The highest BCUT2D eigenvalue weighted by Crippen LogP contribution is 2.31. The molecule has 2 heterocycles. The molecule has 0 atom stereocenters. The zero-order valence-corrected chi connectivity index (χ0v) is 13.5. The monoisotopic (exact) mass is 298 g/mol. The van der Waals surface area contributed by atoms with Gasteiger partial charge < -0.3 is 0 Å².